The van der Waals surface area contributed by atoms with Gasteiger partial charge in [-0.3, -0.25) is 0 Å². The lowest BCUT2D eigenvalue weighted by Gasteiger charge is -2.21. The van der Waals surface area contributed by atoms with Crippen molar-refractivity contribution in [1.82, 2.24) is 24.9 Å². The molecule has 10 heteroatoms. The van der Waals surface area contributed by atoms with Crippen molar-refractivity contribution in [2.75, 3.05) is 0 Å². The van der Waals surface area contributed by atoms with Gasteiger partial charge in [-0.1, -0.05) is 335 Å². The third kappa shape index (κ3) is 12.3. The third-order valence-electron chi connectivity index (χ3n) is 22.7. The first-order valence-electron chi connectivity index (χ1n) is 39.0. The number of hydrogen-bond acceptors (Lipinski definition) is 9. The molecule has 23 rings (SSSR count). The van der Waals surface area contributed by atoms with E-state index in [9.17, 15) is 0 Å². The number of thiophene rings is 3. The van der Waals surface area contributed by atoms with E-state index in [1.54, 1.807) is 0 Å². The van der Waals surface area contributed by atoms with Crippen molar-refractivity contribution in [2.45, 2.75) is 19.3 Å². The van der Waals surface area contributed by atoms with Crippen LogP contribution in [0, 0.1) is 0 Å². The minimum atomic E-state index is -3.09. The van der Waals surface area contributed by atoms with E-state index in [-0.39, 0.29) is 5.41 Å². The largest absolute Gasteiger partial charge is 0.309 e. The van der Waals surface area contributed by atoms with E-state index in [4.69, 9.17) is 24.9 Å². The van der Waals surface area contributed by atoms with Gasteiger partial charge in [-0.2, -0.15) is 0 Å². The molecule has 0 radical (unpaired) electrons. The van der Waals surface area contributed by atoms with Gasteiger partial charge in [0.15, 0.2) is 13.0 Å². The molecule has 548 valence electrons. The van der Waals surface area contributed by atoms with Crippen LogP contribution < -0.4 is 15.9 Å². The molecular formula is C106H70N5OPS3. The van der Waals surface area contributed by atoms with Crippen molar-refractivity contribution in [3.63, 3.8) is 0 Å². The van der Waals surface area contributed by atoms with Crippen LogP contribution in [-0.2, 0) is 9.98 Å². The minimum Gasteiger partial charge on any atom is -0.309 e. The molecule has 7 heterocycles. The van der Waals surface area contributed by atoms with Crippen molar-refractivity contribution in [2.24, 2.45) is 0 Å². The predicted octanol–water partition coefficient (Wildman–Crippen LogP) is 28.2. The Morgan fingerprint density at radius 3 is 1.06 bits per heavy atom. The number of pyridine rings is 3. The van der Waals surface area contributed by atoms with Gasteiger partial charge in [0, 0.05) is 131 Å². The molecule has 15 aromatic carbocycles. The van der Waals surface area contributed by atoms with E-state index < -0.39 is 7.14 Å². The molecule has 0 aliphatic heterocycles. The van der Waals surface area contributed by atoms with Crippen LogP contribution in [0.4, 0.5) is 0 Å². The summed E-state index contributed by atoms with van der Waals surface area (Å²) in [6.07, 6.45) is 0. The molecule has 0 amide bonds. The highest BCUT2D eigenvalue weighted by atomic mass is 32.1. The van der Waals surface area contributed by atoms with Gasteiger partial charge in [-0.05, 0) is 100 Å². The maximum atomic E-state index is 15.0. The third-order valence-corrected chi connectivity index (χ3v) is 29.3. The first-order valence-corrected chi connectivity index (χ1v) is 43.2. The van der Waals surface area contributed by atoms with Crippen LogP contribution >= 0.6 is 41.2 Å². The molecule has 0 atom stereocenters. The second kappa shape index (κ2) is 29.2. The summed E-state index contributed by atoms with van der Waals surface area (Å²) in [6, 6.07) is 135. The number of nitrogens with zero attached hydrogens (tertiary/aromatic N) is 5. The van der Waals surface area contributed by atoms with Gasteiger partial charge in [0.1, 0.15) is 0 Å². The summed E-state index contributed by atoms with van der Waals surface area (Å²) in [5.41, 5.74) is 22.1. The average molecular weight is 1560 g/mol. The number of fused-ring (bicyclic) bond motifs is 18. The number of hydrogen-bond donors (Lipinski definition) is 0. The Kier molecular flexibility index (Phi) is 17.7. The van der Waals surface area contributed by atoms with Gasteiger partial charge in [0.25, 0.3) is 0 Å². The number of benzene rings is 15. The van der Waals surface area contributed by atoms with Gasteiger partial charge in [-0.25, -0.2) is 24.9 Å². The zero-order chi connectivity index (χ0) is 77.4. The zero-order valence-electron chi connectivity index (χ0n) is 63.3. The number of rotatable bonds is 10. The van der Waals surface area contributed by atoms with Crippen LogP contribution in [0.5, 0.6) is 0 Å². The lowest BCUT2D eigenvalue weighted by molar-refractivity contribution is 0.592. The van der Waals surface area contributed by atoms with Gasteiger partial charge in [0.2, 0.25) is 0 Å². The highest BCUT2D eigenvalue weighted by molar-refractivity contribution is 7.85. The van der Waals surface area contributed by atoms with E-state index >= 15 is 4.57 Å². The monoisotopic (exact) mass is 1560 g/mol. The normalized spacial score (nSPS) is 12.3. The van der Waals surface area contributed by atoms with Crippen molar-refractivity contribution in [3.8, 4) is 89.9 Å². The van der Waals surface area contributed by atoms with Crippen LogP contribution in [0.1, 0.15) is 25.0 Å². The Morgan fingerprint density at radius 1 is 0.250 bits per heavy atom. The summed E-state index contributed by atoms with van der Waals surface area (Å²) < 4.78 is 22.7. The van der Waals surface area contributed by atoms with Gasteiger partial charge < -0.3 is 4.57 Å². The molecular weight excluding hydrogens is 1490 g/mol. The lowest BCUT2D eigenvalue weighted by Crippen LogP contribution is -2.25. The van der Waals surface area contributed by atoms with Crippen LogP contribution in [-0.4, -0.2) is 24.9 Å². The molecule has 116 heavy (non-hydrogen) atoms. The molecule has 1 aliphatic rings. The Morgan fingerprint density at radius 2 is 0.586 bits per heavy atom. The molecule has 0 N–H and O–H groups in total. The summed E-state index contributed by atoms with van der Waals surface area (Å²) in [7, 11) is -3.09. The fourth-order valence-corrected chi connectivity index (χ4v) is 23.5. The summed E-state index contributed by atoms with van der Waals surface area (Å²) in [4.78, 5) is 25.8. The molecule has 7 aromatic heterocycles. The van der Waals surface area contributed by atoms with Crippen molar-refractivity contribution < 1.29 is 4.57 Å². The first-order chi connectivity index (χ1) is 57.1. The number of aromatic nitrogens is 5. The Balaban J connectivity index is 0.000000109. The SMILES string of the molecule is CC1(C)c2ccccc2-c2cc(-c3cccc(-c4nc5ccccc5c5sc6ccccc6c45)c3)ccc21.O=P(c1ccccc1)(c1ccccc1)c1cccc(-c2nc3ccccc3c3sc4ccccc4c23)c1.c1ccc(-c2cc(-c3ccccc3)nc(-c3cccc(-c4nc5ccccc5c5sc6ccccc6c45)c3)n2)cc1. The number of para-hydroxylation sites is 3. The molecule has 0 unspecified atom stereocenters. The quantitative estimate of drug-likeness (QED) is 0.127. The Hall–Kier alpha value is -13.5. The summed E-state index contributed by atoms with van der Waals surface area (Å²) in [5.74, 6) is 0.694. The van der Waals surface area contributed by atoms with Crippen LogP contribution in [0.2, 0.25) is 0 Å². The smallest absolute Gasteiger partial charge is 0.171 e. The molecule has 0 spiro atoms. The highest BCUT2D eigenvalue weighted by Crippen LogP contribution is 2.52. The second-order valence-electron chi connectivity index (χ2n) is 30.0. The standard InChI is InChI=1S/C37H23N3S.C36H25NS.C33H22NOPS/c1-3-12-24(13-4-1)31-23-32(25-14-5-2-6-15-25)40-37(39-31)27-17-11-16-26(22-27)35-34-29-19-8-10-21-33(29)41-36(34)28-18-7-9-20-30(28)38-35;1-36(2)29-15-6-3-12-25(29)28-21-23(18-19-30(28)36)22-10-9-11-24(20-22)34-33-27-14-5-8-17-32(27)38-35(33)26-13-4-7-16-31(26)37-34;35-36(24-13-3-1-4-14-24,25-15-5-2-6-16-25)26-17-11-12-23(22-26)32-31-28-19-8-10-21-30(28)37-33(31)27-18-7-9-20-29(27)34-32/h1-23H;3-21H,1-2H3;1-22H. The Bertz CT molecular complexity index is 7570. The predicted molar refractivity (Wildman–Crippen MR) is 494 cm³/mol. The van der Waals surface area contributed by atoms with E-state index in [1.807, 2.05) is 149 Å². The maximum absolute atomic E-state index is 15.0. The summed E-state index contributed by atoms with van der Waals surface area (Å²) >= 11 is 5.51. The minimum absolute atomic E-state index is 0.0208. The Labute approximate surface area is 683 Å². The van der Waals surface area contributed by atoms with E-state index in [0.717, 1.165) is 105 Å². The molecule has 0 saturated heterocycles. The van der Waals surface area contributed by atoms with E-state index in [1.165, 1.54) is 99.3 Å². The van der Waals surface area contributed by atoms with Crippen molar-refractivity contribution in [1.29, 1.82) is 0 Å². The van der Waals surface area contributed by atoms with Gasteiger partial charge in [0.05, 0.1) is 45.0 Å². The summed E-state index contributed by atoms with van der Waals surface area (Å²) in [6.45, 7) is 4.67. The fraction of sp³-hybridized carbons (Fsp3) is 0.0283. The van der Waals surface area contributed by atoms with Crippen LogP contribution in [0.15, 0.2) is 388 Å². The fourth-order valence-electron chi connectivity index (χ4n) is 17.1. The zero-order valence-corrected chi connectivity index (χ0v) is 66.6. The molecule has 0 fully saturated rings. The topological polar surface area (TPSA) is 81.5 Å². The molecule has 0 saturated carbocycles. The van der Waals surface area contributed by atoms with Crippen LogP contribution in [0.25, 0.3) is 183 Å². The van der Waals surface area contributed by atoms with Gasteiger partial charge >= 0.3 is 0 Å². The maximum Gasteiger partial charge on any atom is 0.171 e. The molecule has 0 bridgehead atoms. The van der Waals surface area contributed by atoms with Crippen LogP contribution in [0.3, 0.4) is 0 Å². The van der Waals surface area contributed by atoms with E-state index in [2.05, 4.69) is 287 Å². The average Bonchev–Trinajstić information content (AvgIpc) is 1.64. The summed E-state index contributed by atoms with van der Waals surface area (Å²) in [5, 5.41) is 13.4. The first kappa shape index (κ1) is 70.4. The van der Waals surface area contributed by atoms with Gasteiger partial charge in [-0.15, -0.1) is 34.0 Å². The molecule has 6 nitrogen and oxygen atoms in total. The van der Waals surface area contributed by atoms with Crippen molar-refractivity contribution in [3.05, 3.63) is 399 Å². The highest BCUT2D eigenvalue weighted by Gasteiger charge is 2.36. The molecule has 22 aromatic rings. The molecule has 1 aliphatic carbocycles. The van der Waals surface area contributed by atoms with Crippen molar-refractivity contribution >= 4 is 150 Å². The van der Waals surface area contributed by atoms with E-state index in [0.29, 0.717) is 5.82 Å². The lowest BCUT2D eigenvalue weighted by atomic mass is 9.82. The second-order valence-corrected chi connectivity index (χ2v) is 35.9.